The standard InChI is InChI=1S/C26H22BrN3O2/c1-19(15-20-9-4-2-5-10-20)16-24(29-25(31)22-12-6-3-7-13-22)26(32)30-28-18-21-11-8-14-23(27)17-21/h2-18H,1H3,(H,29,31)(H,30,32)/b19-15+,24-16-,28-18+. The molecular formula is C26H22BrN3O2. The third kappa shape index (κ3) is 7.18. The number of allylic oxidation sites excluding steroid dienone is 2. The molecule has 2 amide bonds. The molecule has 0 spiro atoms. The summed E-state index contributed by atoms with van der Waals surface area (Å²) in [4.78, 5) is 25.4. The van der Waals surface area contributed by atoms with Crippen LogP contribution in [-0.4, -0.2) is 18.0 Å². The molecule has 0 fully saturated rings. The molecule has 3 rings (SSSR count). The number of hydrazone groups is 1. The summed E-state index contributed by atoms with van der Waals surface area (Å²) in [5.74, 6) is -0.906. The second-order valence-corrected chi connectivity index (χ2v) is 7.85. The Morgan fingerprint density at radius 1 is 0.875 bits per heavy atom. The lowest BCUT2D eigenvalue weighted by Crippen LogP contribution is -2.33. The predicted molar refractivity (Wildman–Crippen MR) is 132 cm³/mol. The van der Waals surface area contributed by atoms with Gasteiger partial charge in [-0.15, -0.1) is 0 Å². The maximum atomic E-state index is 12.8. The number of benzene rings is 3. The van der Waals surface area contributed by atoms with E-state index in [0.717, 1.165) is 21.2 Å². The first-order valence-corrected chi connectivity index (χ1v) is 10.7. The Labute approximate surface area is 195 Å². The van der Waals surface area contributed by atoms with Crippen molar-refractivity contribution in [2.24, 2.45) is 5.10 Å². The molecule has 0 atom stereocenters. The molecule has 0 radical (unpaired) electrons. The van der Waals surface area contributed by atoms with E-state index in [9.17, 15) is 9.59 Å². The van der Waals surface area contributed by atoms with Gasteiger partial charge in [-0.05, 0) is 54.0 Å². The maximum Gasteiger partial charge on any atom is 0.287 e. The molecule has 5 nitrogen and oxygen atoms in total. The van der Waals surface area contributed by atoms with Gasteiger partial charge in [0.25, 0.3) is 11.8 Å². The highest BCUT2D eigenvalue weighted by Gasteiger charge is 2.14. The first-order chi connectivity index (χ1) is 15.5. The number of hydrogen-bond donors (Lipinski definition) is 2. The van der Waals surface area contributed by atoms with Gasteiger partial charge < -0.3 is 5.32 Å². The zero-order valence-electron chi connectivity index (χ0n) is 17.5. The molecule has 160 valence electrons. The first-order valence-electron chi connectivity index (χ1n) is 9.92. The zero-order chi connectivity index (χ0) is 22.8. The van der Waals surface area contributed by atoms with E-state index in [2.05, 4.69) is 31.8 Å². The minimum Gasteiger partial charge on any atom is -0.317 e. The fourth-order valence-corrected chi connectivity index (χ4v) is 3.25. The van der Waals surface area contributed by atoms with Crippen LogP contribution in [0.1, 0.15) is 28.4 Å². The zero-order valence-corrected chi connectivity index (χ0v) is 19.0. The minimum absolute atomic E-state index is 0.0925. The smallest absolute Gasteiger partial charge is 0.287 e. The van der Waals surface area contributed by atoms with Crippen LogP contribution >= 0.6 is 15.9 Å². The van der Waals surface area contributed by atoms with E-state index < -0.39 is 5.91 Å². The van der Waals surface area contributed by atoms with Gasteiger partial charge in [-0.1, -0.05) is 82.7 Å². The van der Waals surface area contributed by atoms with Gasteiger partial charge in [0.2, 0.25) is 0 Å². The lowest BCUT2D eigenvalue weighted by Gasteiger charge is -2.09. The predicted octanol–water partition coefficient (Wildman–Crippen LogP) is 5.32. The van der Waals surface area contributed by atoms with E-state index in [-0.39, 0.29) is 11.6 Å². The molecule has 0 bridgehead atoms. The molecule has 0 aliphatic heterocycles. The van der Waals surface area contributed by atoms with E-state index in [1.54, 1.807) is 30.3 Å². The molecule has 0 aromatic heterocycles. The van der Waals surface area contributed by atoms with Crippen molar-refractivity contribution in [2.45, 2.75) is 6.92 Å². The van der Waals surface area contributed by atoms with Crippen LogP contribution in [0.25, 0.3) is 6.08 Å². The van der Waals surface area contributed by atoms with Crippen molar-refractivity contribution in [1.29, 1.82) is 0 Å². The molecule has 2 N–H and O–H groups in total. The Bertz CT molecular complexity index is 1170. The van der Waals surface area contributed by atoms with E-state index in [1.165, 1.54) is 6.21 Å². The fraction of sp³-hybridized carbons (Fsp3) is 0.0385. The molecule has 0 aliphatic carbocycles. The van der Waals surface area contributed by atoms with Crippen molar-refractivity contribution in [1.82, 2.24) is 10.7 Å². The van der Waals surface area contributed by atoms with Crippen molar-refractivity contribution in [3.05, 3.63) is 123 Å². The lowest BCUT2D eigenvalue weighted by molar-refractivity contribution is -0.117. The summed E-state index contributed by atoms with van der Waals surface area (Å²) < 4.78 is 0.908. The lowest BCUT2D eigenvalue weighted by atomic mass is 10.1. The van der Waals surface area contributed by atoms with Crippen LogP contribution in [0.3, 0.4) is 0 Å². The quantitative estimate of drug-likeness (QED) is 0.205. The normalized spacial score (nSPS) is 11.9. The van der Waals surface area contributed by atoms with Crippen LogP contribution in [0.5, 0.6) is 0 Å². The summed E-state index contributed by atoms with van der Waals surface area (Å²) in [7, 11) is 0. The molecule has 0 saturated heterocycles. The van der Waals surface area contributed by atoms with Crippen LogP contribution in [0.2, 0.25) is 0 Å². The third-order valence-electron chi connectivity index (χ3n) is 4.32. The first kappa shape index (κ1) is 22.9. The number of carbonyl (C=O) groups excluding carboxylic acids is 2. The van der Waals surface area contributed by atoms with Gasteiger partial charge >= 0.3 is 0 Å². The van der Waals surface area contributed by atoms with Crippen LogP contribution in [0.4, 0.5) is 0 Å². The summed E-state index contributed by atoms with van der Waals surface area (Å²) in [6.07, 6.45) is 5.08. The Hall–Kier alpha value is -3.77. The highest BCUT2D eigenvalue weighted by Crippen LogP contribution is 2.11. The van der Waals surface area contributed by atoms with Crippen LogP contribution in [0.15, 0.2) is 112 Å². The molecule has 6 heteroatoms. The van der Waals surface area contributed by atoms with Crippen molar-refractivity contribution < 1.29 is 9.59 Å². The van der Waals surface area contributed by atoms with Crippen molar-refractivity contribution in [3.8, 4) is 0 Å². The number of rotatable bonds is 7. The molecule has 0 saturated carbocycles. The van der Waals surface area contributed by atoms with E-state index >= 15 is 0 Å². The number of nitrogens with one attached hydrogen (secondary N) is 2. The van der Waals surface area contributed by atoms with Gasteiger partial charge in [-0.3, -0.25) is 9.59 Å². The van der Waals surface area contributed by atoms with E-state index in [4.69, 9.17) is 0 Å². The summed E-state index contributed by atoms with van der Waals surface area (Å²) in [6, 6.07) is 26.0. The SMILES string of the molecule is CC(/C=C(\NC(=O)c1ccccc1)C(=O)N/N=C/c1cccc(Br)c1)=C\c1ccccc1. The number of hydrogen-bond acceptors (Lipinski definition) is 3. The average Bonchev–Trinajstić information content (AvgIpc) is 2.80. The van der Waals surface area contributed by atoms with E-state index in [1.807, 2.05) is 73.7 Å². The largest absolute Gasteiger partial charge is 0.317 e. The van der Waals surface area contributed by atoms with Gasteiger partial charge in [-0.2, -0.15) is 5.10 Å². The second kappa shape index (κ2) is 11.6. The maximum absolute atomic E-state index is 12.8. The summed E-state index contributed by atoms with van der Waals surface area (Å²) in [6.45, 7) is 1.86. The molecule has 0 unspecified atom stereocenters. The van der Waals surface area contributed by atoms with Crippen LogP contribution in [-0.2, 0) is 4.79 Å². The molecule has 0 heterocycles. The monoisotopic (exact) mass is 487 g/mol. The van der Waals surface area contributed by atoms with Crippen molar-refractivity contribution >= 4 is 40.0 Å². The number of carbonyl (C=O) groups is 2. The van der Waals surface area contributed by atoms with Crippen LogP contribution in [0, 0.1) is 0 Å². The molecular weight excluding hydrogens is 466 g/mol. The number of amides is 2. The molecule has 3 aromatic carbocycles. The Kier molecular flexibility index (Phi) is 8.29. The average molecular weight is 488 g/mol. The highest BCUT2D eigenvalue weighted by molar-refractivity contribution is 9.10. The van der Waals surface area contributed by atoms with Gasteiger partial charge in [0.1, 0.15) is 5.70 Å². The van der Waals surface area contributed by atoms with Gasteiger partial charge in [0.15, 0.2) is 0 Å². The summed E-state index contributed by atoms with van der Waals surface area (Å²) >= 11 is 3.40. The van der Waals surface area contributed by atoms with Crippen molar-refractivity contribution in [3.63, 3.8) is 0 Å². The van der Waals surface area contributed by atoms with E-state index in [0.29, 0.717) is 5.56 Å². The summed E-state index contributed by atoms with van der Waals surface area (Å²) in [5, 5.41) is 6.71. The van der Waals surface area contributed by atoms with Gasteiger partial charge in [0, 0.05) is 10.0 Å². The molecule has 0 aliphatic rings. The highest BCUT2D eigenvalue weighted by atomic mass is 79.9. The van der Waals surface area contributed by atoms with Gasteiger partial charge in [0.05, 0.1) is 6.21 Å². The number of halogens is 1. The Balaban J connectivity index is 1.81. The van der Waals surface area contributed by atoms with Crippen LogP contribution < -0.4 is 10.7 Å². The Morgan fingerprint density at radius 2 is 1.53 bits per heavy atom. The summed E-state index contributed by atoms with van der Waals surface area (Å²) in [5.41, 5.74) is 5.63. The van der Waals surface area contributed by atoms with Crippen molar-refractivity contribution in [2.75, 3.05) is 0 Å². The molecule has 3 aromatic rings. The number of nitrogens with zero attached hydrogens (tertiary/aromatic N) is 1. The Morgan fingerprint density at radius 3 is 2.22 bits per heavy atom. The second-order valence-electron chi connectivity index (χ2n) is 6.93. The fourth-order valence-electron chi connectivity index (χ4n) is 2.84. The molecule has 32 heavy (non-hydrogen) atoms. The third-order valence-corrected chi connectivity index (χ3v) is 4.82. The minimum atomic E-state index is -0.527. The van der Waals surface area contributed by atoms with Gasteiger partial charge in [-0.25, -0.2) is 5.43 Å². The topological polar surface area (TPSA) is 70.6 Å².